The molecule has 4 heteroatoms. The van der Waals surface area contributed by atoms with Crippen molar-refractivity contribution in [2.45, 2.75) is 82.0 Å². The Labute approximate surface area is 156 Å². The van der Waals surface area contributed by atoms with Gasteiger partial charge in [-0.3, -0.25) is 0 Å². The van der Waals surface area contributed by atoms with E-state index in [9.17, 15) is 15.3 Å². The minimum absolute atomic E-state index is 0.0920. The van der Waals surface area contributed by atoms with Crippen molar-refractivity contribution in [1.29, 1.82) is 0 Å². The van der Waals surface area contributed by atoms with E-state index in [1.54, 1.807) is 0 Å². The highest BCUT2D eigenvalue weighted by Gasteiger charge is 2.67. The Morgan fingerprint density at radius 1 is 0.960 bits per heavy atom. The van der Waals surface area contributed by atoms with E-state index in [-0.39, 0.29) is 16.2 Å². The summed E-state index contributed by atoms with van der Waals surface area (Å²) >= 11 is 7.16. The van der Waals surface area contributed by atoms with Crippen LogP contribution < -0.4 is 0 Å². The normalized spacial score (nSPS) is 57.1. The molecule has 0 aliphatic heterocycles. The van der Waals surface area contributed by atoms with Crippen LogP contribution in [0.25, 0.3) is 0 Å². The molecule has 4 aliphatic carbocycles. The summed E-state index contributed by atoms with van der Waals surface area (Å²) in [6, 6.07) is 0. The van der Waals surface area contributed by atoms with Crippen LogP contribution in [0.2, 0.25) is 0 Å². The summed E-state index contributed by atoms with van der Waals surface area (Å²) in [6.45, 7) is 4.36. The summed E-state index contributed by atoms with van der Waals surface area (Å²) in [7, 11) is 0. The van der Waals surface area contributed by atoms with E-state index in [0.717, 1.165) is 38.5 Å². The van der Waals surface area contributed by atoms with Gasteiger partial charge in [0.2, 0.25) is 0 Å². The molecule has 0 aromatic rings. The molecular formula is C21H31ClO3. The van der Waals surface area contributed by atoms with Crippen LogP contribution in [0.1, 0.15) is 65.2 Å². The molecule has 0 radical (unpaired) electrons. The molecule has 0 bridgehead atoms. The maximum absolute atomic E-state index is 10.6. The van der Waals surface area contributed by atoms with Gasteiger partial charge in [0.25, 0.3) is 0 Å². The summed E-state index contributed by atoms with van der Waals surface area (Å²) in [5.74, 6) is 2.41. The van der Waals surface area contributed by atoms with E-state index in [1.165, 1.54) is 0 Å². The van der Waals surface area contributed by atoms with Gasteiger partial charge in [0.1, 0.15) is 0 Å². The topological polar surface area (TPSA) is 60.7 Å². The van der Waals surface area contributed by atoms with E-state index in [4.69, 9.17) is 18.0 Å². The molecule has 8 atom stereocenters. The van der Waals surface area contributed by atoms with Gasteiger partial charge in [0.05, 0.1) is 11.0 Å². The van der Waals surface area contributed by atoms with Crippen molar-refractivity contribution in [2.24, 2.45) is 34.5 Å². The average molecular weight is 367 g/mol. The second-order valence-electron chi connectivity index (χ2n) is 9.86. The first-order valence-electron chi connectivity index (χ1n) is 9.86. The number of fused-ring (bicyclic) bond motifs is 5. The summed E-state index contributed by atoms with van der Waals surface area (Å²) in [5.41, 5.74) is -0.498. The molecule has 0 amide bonds. The van der Waals surface area contributed by atoms with Crippen LogP contribution in [-0.2, 0) is 0 Å². The molecule has 0 heterocycles. The minimum Gasteiger partial charge on any atom is -0.392 e. The van der Waals surface area contributed by atoms with Crippen molar-refractivity contribution in [3.05, 3.63) is 0 Å². The van der Waals surface area contributed by atoms with E-state index >= 15 is 0 Å². The first-order chi connectivity index (χ1) is 11.6. The van der Waals surface area contributed by atoms with Crippen molar-refractivity contribution in [3.63, 3.8) is 0 Å². The third kappa shape index (κ3) is 2.18. The molecule has 0 saturated heterocycles. The molecule has 0 aromatic carbocycles. The number of hydrogen-bond acceptors (Lipinski definition) is 3. The van der Waals surface area contributed by atoms with Crippen molar-refractivity contribution >= 4 is 11.6 Å². The lowest BCUT2D eigenvalue weighted by Gasteiger charge is -2.64. The number of aliphatic hydroxyl groups excluding tert-OH is 1. The van der Waals surface area contributed by atoms with Gasteiger partial charge in [-0.2, -0.15) is 0 Å². The molecule has 0 unspecified atom stereocenters. The predicted molar refractivity (Wildman–Crippen MR) is 97.7 cm³/mol. The highest BCUT2D eigenvalue weighted by molar-refractivity contribution is 6.24. The standard InChI is InChI=1S/C21H31ClO3/c1-4-13-11-19(3)16-6-8-18(2)15(7-10-21(18,24)25)14(16)5-9-20(19,22)12-17(13)23/h1,13-17,23-25H,5-12H2,2-3H3/t13-,14-,15-,16-,17+,18-,19+,20+/m0/s1. The molecular weight excluding hydrogens is 336 g/mol. The quantitative estimate of drug-likeness (QED) is 0.350. The number of aliphatic hydroxyl groups is 3. The molecule has 4 fully saturated rings. The van der Waals surface area contributed by atoms with Crippen molar-refractivity contribution in [3.8, 4) is 12.3 Å². The van der Waals surface area contributed by atoms with Crippen molar-refractivity contribution in [2.75, 3.05) is 0 Å². The summed E-state index contributed by atoms with van der Waals surface area (Å²) < 4.78 is 0. The molecule has 4 saturated carbocycles. The third-order valence-electron chi connectivity index (χ3n) is 9.12. The van der Waals surface area contributed by atoms with E-state index in [1.807, 2.05) is 0 Å². The van der Waals surface area contributed by atoms with Gasteiger partial charge in [-0.1, -0.05) is 13.8 Å². The average Bonchev–Trinajstić information content (AvgIpc) is 2.78. The Kier molecular flexibility index (Phi) is 3.90. The monoisotopic (exact) mass is 366 g/mol. The molecule has 3 N–H and O–H groups in total. The van der Waals surface area contributed by atoms with Gasteiger partial charge in [-0.15, -0.1) is 23.9 Å². The zero-order valence-corrected chi connectivity index (χ0v) is 16.1. The smallest absolute Gasteiger partial charge is 0.168 e. The minimum atomic E-state index is -1.54. The Hall–Kier alpha value is -0.270. The molecule has 3 nitrogen and oxygen atoms in total. The number of hydrogen-bond donors (Lipinski definition) is 3. The zero-order chi connectivity index (χ0) is 18.3. The lowest BCUT2D eigenvalue weighted by atomic mass is 9.43. The first kappa shape index (κ1) is 18.1. The molecule has 4 aliphatic rings. The van der Waals surface area contributed by atoms with E-state index < -0.39 is 17.3 Å². The lowest BCUT2D eigenvalue weighted by Crippen LogP contribution is -2.63. The van der Waals surface area contributed by atoms with Gasteiger partial charge in [0.15, 0.2) is 5.79 Å². The van der Waals surface area contributed by atoms with Crippen LogP contribution in [0.15, 0.2) is 0 Å². The molecule has 0 aromatic heterocycles. The van der Waals surface area contributed by atoms with Crippen molar-refractivity contribution in [1.82, 2.24) is 0 Å². The highest BCUT2D eigenvalue weighted by Crippen LogP contribution is 2.70. The second-order valence-corrected chi connectivity index (χ2v) is 10.6. The van der Waals surface area contributed by atoms with E-state index in [2.05, 4.69) is 19.8 Å². The van der Waals surface area contributed by atoms with Crippen molar-refractivity contribution < 1.29 is 15.3 Å². The third-order valence-corrected chi connectivity index (χ3v) is 9.89. The summed E-state index contributed by atoms with van der Waals surface area (Å²) in [6.07, 6.45) is 11.6. The maximum atomic E-state index is 10.6. The molecule has 0 spiro atoms. The SMILES string of the molecule is C#C[C@H]1C[C@]2(C)[C@H]3CC[C@@]4(C)[C@@H](CCC4(O)O)[C@@H]3CC[C@@]2(Cl)C[C@H]1O. The van der Waals surface area contributed by atoms with Gasteiger partial charge < -0.3 is 15.3 Å². The largest absolute Gasteiger partial charge is 0.392 e. The summed E-state index contributed by atoms with van der Waals surface area (Å²) in [5, 5.41) is 31.6. The maximum Gasteiger partial charge on any atom is 0.168 e. The van der Waals surface area contributed by atoms with Gasteiger partial charge in [-0.25, -0.2) is 0 Å². The van der Waals surface area contributed by atoms with Gasteiger partial charge in [0, 0.05) is 17.8 Å². The predicted octanol–water partition coefficient (Wildman–Crippen LogP) is 3.29. The number of rotatable bonds is 0. The Morgan fingerprint density at radius 3 is 2.28 bits per heavy atom. The van der Waals surface area contributed by atoms with Crippen LogP contribution >= 0.6 is 11.6 Å². The summed E-state index contributed by atoms with van der Waals surface area (Å²) in [4.78, 5) is -0.386. The highest BCUT2D eigenvalue weighted by atomic mass is 35.5. The number of halogens is 1. The Morgan fingerprint density at radius 2 is 1.60 bits per heavy atom. The van der Waals surface area contributed by atoms with Crippen LogP contribution in [-0.4, -0.2) is 32.1 Å². The van der Waals surface area contributed by atoms with E-state index in [0.29, 0.717) is 30.6 Å². The fourth-order valence-corrected chi connectivity index (χ4v) is 7.88. The molecule has 140 valence electrons. The molecule has 25 heavy (non-hydrogen) atoms. The fraction of sp³-hybridized carbons (Fsp3) is 0.905. The van der Waals surface area contributed by atoms with Crippen LogP contribution in [0.4, 0.5) is 0 Å². The van der Waals surface area contributed by atoms with Crippen LogP contribution in [0, 0.1) is 46.8 Å². The van der Waals surface area contributed by atoms with Crippen LogP contribution in [0.5, 0.6) is 0 Å². The van der Waals surface area contributed by atoms with Gasteiger partial charge >= 0.3 is 0 Å². The zero-order valence-electron chi connectivity index (χ0n) is 15.3. The fourth-order valence-electron chi connectivity index (χ4n) is 7.39. The van der Waals surface area contributed by atoms with Gasteiger partial charge in [-0.05, 0) is 68.1 Å². The molecule has 4 rings (SSSR count). The lowest BCUT2D eigenvalue weighted by molar-refractivity contribution is -0.251. The first-order valence-corrected chi connectivity index (χ1v) is 10.2. The second kappa shape index (κ2) is 5.38. The Balaban J connectivity index is 1.70. The Bertz CT molecular complexity index is 613. The number of terminal acetylenes is 1. The van der Waals surface area contributed by atoms with Crippen LogP contribution in [0.3, 0.4) is 0 Å². The number of alkyl halides is 1.